The SMILES string of the molecule is CN=C(NCCCNC(=O)c1occc1C)NCc1ccccc1-n1nc(C)cc1C. The molecule has 0 saturated heterocycles. The van der Waals surface area contributed by atoms with Gasteiger partial charge in [-0.25, -0.2) is 4.68 Å². The summed E-state index contributed by atoms with van der Waals surface area (Å²) in [7, 11) is 1.74. The first-order chi connectivity index (χ1) is 15.0. The summed E-state index contributed by atoms with van der Waals surface area (Å²) >= 11 is 0. The fraction of sp³-hybridized carbons (Fsp3) is 0.348. The molecule has 2 heterocycles. The van der Waals surface area contributed by atoms with E-state index in [9.17, 15) is 4.79 Å². The van der Waals surface area contributed by atoms with Gasteiger partial charge in [0.25, 0.3) is 5.91 Å². The van der Waals surface area contributed by atoms with E-state index in [1.165, 1.54) is 6.26 Å². The molecule has 2 aromatic heterocycles. The molecule has 0 aliphatic heterocycles. The van der Waals surface area contributed by atoms with Gasteiger partial charge in [0.2, 0.25) is 0 Å². The van der Waals surface area contributed by atoms with Crippen molar-refractivity contribution in [3.05, 3.63) is 70.9 Å². The summed E-state index contributed by atoms with van der Waals surface area (Å²) in [5, 5.41) is 14.1. The van der Waals surface area contributed by atoms with Crippen LogP contribution in [-0.4, -0.2) is 41.8 Å². The summed E-state index contributed by atoms with van der Waals surface area (Å²) in [6.07, 6.45) is 2.28. The molecule has 164 valence electrons. The zero-order chi connectivity index (χ0) is 22.2. The topological polar surface area (TPSA) is 96.5 Å². The van der Waals surface area contributed by atoms with Crippen molar-refractivity contribution < 1.29 is 9.21 Å². The van der Waals surface area contributed by atoms with Crippen LogP contribution in [0, 0.1) is 20.8 Å². The van der Waals surface area contributed by atoms with Gasteiger partial charge >= 0.3 is 0 Å². The Hall–Kier alpha value is -3.55. The van der Waals surface area contributed by atoms with Gasteiger partial charge in [0.05, 0.1) is 17.6 Å². The Balaban J connectivity index is 1.47. The molecule has 0 bridgehead atoms. The van der Waals surface area contributed by atoms with Crippen molar-refractivity contribution in [2.45, 2.75) is 33.7 Å². The van der Waals surface area contributed by atoms with Crippen molar-refractivity contribution in [3.63, 3.8) is 0 Å². The number of rotatable bonds is 8. The zero-order valence-electron chi connectivity index (χ0n) is 18.5. The van der Waals surface area contributed by atoms with Crippen LogP contribution < -0.4 is 16.0 Å². The second kappa shape index (κ2) is 10.5. The van der Waals surface area contributed by atoms with Gasteiger partial charge in [0.1, 0.15) is 0 Å². The lowest BCUT2D eigenvalue weighted by Crippen LogP contribution is -2.38. The number of carbonyl (C=O) groups is 1. The number of nitrogens with one attached hydrogen (secondary N) is 3. The van der Waals surface area contributed by atoms with E-state index in [0.29, 0.717) is 31.4 Å². The molecule has 3 aromatic rings. The number of hydrogen-bond acceptors (Lipinski definition) is 4. The van der Waals surface area contributed by atoms with Crippen LogP contribution in [0.2, 0.25) is 0 Å². The molecule has 0 aliphatic rings. The Morgan fingerprint density at radius 1 is 1.10 bits per heavy atom. The van der Waals surface area contributed by atoms with E-state index in [1.807, 2.05) is 30.7 Å². The maximum Gasteiger partial charge on any atom is 0.287 e. The van der Waals surface area contributed by atoms with Gasteiger partial charge in [-0.15, -0.1) is 0 Å². The lowest BCUT2D eigenvalue weighted by Gasteiger charge is -2.15. The molecular formula is C23H30N6O2. The molecule has 0 unspecified atom stereocenters. The molecule has 8 heteroatoms. The Morgan fingerprint density at radius 3 is 2.55 bits per heavy atom. The molecular weight excluding hydrogens is 392 g/mol. The summed E-state index contributed by atoms with van der Waals surface area (Å²) in [5.41, 5.74) is 5.09. The minimum Gasteiger partial charge on any atom is -0.459 e. The number of benzene rings is 1. The predicted octanol–water partition coefficient (Wildman–Crippen LogP) is 2.88. The molecule has 1 amide bonds. The van der Waals surface area contributed by atoms with E-state index < -0.39 is 0 Å². The van der Waals surface area contributed by atoms with E-state index in [1.54, 1.807) is 13.1 Å². The highest BCUT2D eigenvalue weighted by atomic mass is 16.3. The Kier molecular flexibility index (Phi) is 7.48. The maximum atomic E-state index is 12.0. The Bertz CT molecular complexity index is 1050. The van der Waals surface area contributed by atoms with Gasteiger partial charge in [-0.1, -0.05) is 18.2 Å². The van der Waals surface area contributed by atoms with Crippen molar-refractivity contribution in [2.75, 3.05) is 20.1 Å². The first kappa shape index (κ1) is 22.1. The quantitative estimate of drug-likeness (QED) is 0.295. The molecule has 31 heavy (non-hydrogen) atoms. The monoisotopic (exact) mass is 422 g/mol. The summed E-state index contributed by atoms with van der Waals surface area (Å²) in [4.78, 5) is 16.3. The summed E-state index contributed by atoms with van der Waals surface area (Å²) in [6.45, 7) is 7.73. The normalized spacial score (nSPS) is 11.4. The third-order valence-corrected chi connectivity index (χ3v) is 4.90. The van der Waals surface area contributed by atoms with Crippen LogP contribution in [0.15, 0.2) is 52.1 Å². The zero-order valence-corrected chi connectivity index (χ0v) is 18.5. The van der Waals surface area contributed by atoms with E-state index >= 15 is 0 Å². The molecule has 0 atom stereocenters. The number of para-hydroxylation sites is 1. The highest BCUT2D eigenvalue weighted by Gasteiger charge is 2.12. The standard InChI is InChI=1S/C23H30N6O2/c1-16-10-13-31-21(16)22(30)25-11-7-12-26-23(24-4)27-15-19-8-5-6-9-20(19)29-18(3)14-17(2)28-29/h5-6,8-10,13-14H,7,11-12,15H2,1-4H3,(H,25,30)(H2,24,26,27). The number of carbonyl (C=O) groups excluding carboxylic acids is 1. The molecule has 0 radical (unpaired) electrons. The molecule has 0 aliphatic carbocycles. The smallest absolute Gasteiger partial charge is 0.287 e. The number of nitrogens with zero attached hydrogens (tertiary/aromatic N) is 3. The molecule has 0 spiro atoms. The van der Waals surface area contributed by atoms with Crippen molar-refractivity contribution in [3.8, 4) is 5.69 Å². The van der Waals surface area contributed by atoms with Gasteiger partial charge in [0, 0.05) is 37.9 Å². The molecule has 0 fully saturated rings. The third-order valence-electron chi connectivity index (χ3n) is 4.90. The summed E-state index contributed by atoms with van der Waals surface area (Å²) in [5.74, 6) is 0.883. The molecule has 3 N–H and O–H groups in total. The van der Waals surface area contributed by atoms with E-state index in [0.717, 1.165) is 34.6 Å². The fourth-order valence-corrected chi connectivity index (χ4v) is 3.32. The van der Waals surface area contributed by atoms with Crippen LogP contribution in [0.25, 0.3) is 5.69 Å². The number of hydrogen-bond donors (Lipinski definition) is 3. The molecule has 3 rings (SSSR count). The van der Waals surface area contributed by atoms with E-state index in [4.69, 9.17) is 4.42 Å². The minimum atomic E-state index is -0.189. The summed E-state index contributed by atoms with van der Waals surface area (Å²) < 4.78 is 7.16. The number of aryl methyl sites for hydroxylation is 3. The second-order valence-electron chi connectivity index (χ2n) is 7.36. The van der Waals surface area contributed by atoms with Gasteiger partial charge in [-0.3, -0.25) is 9.79 Å². The Morgan fingerprint density at radius 2 is 1.87 bits per heavy atom. The average Bonchev–Trinajstić information content (AvgIpc) is 3.34. The summed E-state index contributed by atoms with van der Waals surface area (Å²) in [6, 6.07) is 12.0. The van der Waals surface area contributed by atoms with Crippen LogP contribution in [0.1, 0.15) is 39.5 Å². The predicted molar refractivity (Wildman–Crippen MR) is 122 cm³/mol. The van der Waals surface area contributed by atoms with Crippen molar-refractivity contribution >= 4 is 11.9 Å². The van der Waals surface area contributed by atoms with E-state index in [2.05, 4.69) is 51.2 Å². The fourth-order valence-electron chi connectivity index (χ4n) is 3.32. The van der Waals surface area contributed by atoms with Crippen LogP contribution in [-0.2, 0) is 6.54 Å². The maximum absolute atomic E-state index is 12.0. The van der Waals surface area contributed by atoms with Crippen molar-refractivity contribution in [1.82, 2.24) is 25.7 Å². The van der Waals surface area contributed by atoms with Crippen molar-refractivity contribution in [1.29, 1.82) is 0 Å². The molecule has 1 aromatic carbocycles. The largest absolute Gasteiger partial charge is 0.459 e. The third kappa shape index (κ3) is 5.75. The molecule has 8 nitrogen and oxygen atoms in total. The van der Waals surface area contributed by atoms with E-state index in [-0.39, 0.29) is 5.91 Å². The van der Waals surface area contributed by atoms with Crippen LogP contribution in [0.4, 0.5) is 0 Å². The highest BCUT2D eigenvalue weighted by Crippen LogP contribution is 2.16. The lowest BCUT2D eigenvalue weighted by molar-refractivity contribution is 0.0925. The average molecular weight is 423 g/mol. The van der Waals surface area contributed by atoms with Gasteiger partial charge < -0.3 is 20.4 Å². The number of furan rings is 1. The van der Waals surface area contributed by atoms with Crippen LogP contribution in [0.3, 0.4) is 0 Å². The molecule has 0 saturated carbocycles. The first-order valence-electron chi connectivity index (χ1n) is 10.4. The minimum absolute atomic E-state index is 0.189. The van der Waals surface area contributed by atoms with Gasteiger partial charge in [0.15, 0.2) is 11.7 Å². The second-order valence-corrected chi connectivity index (χ2v) is 7.36. The van der Waals surface area contributed by atoms with Gasteiger partial charge in [-0.05, 0) is 51.0 Å². The van der Waals surface area contributed by atoms with Crippen molar-refractivity contribution in [2.24, 2.45) is 4.99 Å². The number of aromatic nitrogens is 2. The number of aliphatic imine (C=N–C) groups is 1. The highest BCUT2D eigenvalue weighted by molar-refractivity contribution is 5.92. The lowest BCUT2D eigenvalue weighted by atomic mass is 10.1. The number of amides is 1. The van der Waals surface area contributed by atoms with Crippen LogP contribution in [0.5, 0.6) is 0 Å². The number of guanidine groups is 1. The first-order valence-corrected chi connectivity index (χ1v) is 10.4. The van der Waals surface area contributed by atoms with Gasteiger partial charge in [-0.2, -0.15) is 5.10 Å². The van der Waals surface area contributed by atoms with Crippen LogP contribution >= 0.6 is 0 Å². The Labute approximate surface area is 182 Å².